The minimum atomic E-state index is 0.740. The third-order valence-corrected chi connectivity index (χ3v) is 4.32. The minimum absolute atomic E-state index is 0.740. The maximum Gasteiger partial charge on any atom is 0.0210 e. The highest BCUT2D eigenvalue weighted by Gasteiger charge is 2.25. The summed E-state index contributed by atoms with van der Waals surface area (Å²) in [5.74, 6) is 1.55. The fraction of sp³-hybridized carbons (Fsp3) is 0.571. The van der Waals surface area contributed by atoms with Crippen LogP contribution in [0.5, 0.6) is 0 Å². The second-order valence-corrected chi connectivity index (χ2v) is 5.80. The van der Waals surface area contributed by atoms with Gasteiger partial charge in [0.25, 0.3) is 0 Å². The number of hydrogen-bond acceptors (Lipinski definition) is 1. The van der Waals surface area contributed by atoms with Crippen LogP contribution in [0.3, 0.4) is 0 Å². The molecular weight excluding hydrogens is 262 g/mol. The molecule has 0 fully saturated rings. The lowest BCUT2D eigenvalue weighted by Crippen LogP contribution is -2.20. The van der Waals surface area contributed by atoms with Crippen LogP contribution in [0.4, 0.5) is 0 Å². The molecule has 16 heavy (non-hydrogen) atoms. The van der Waals surface area contributed by atoms with Crippen LogP contribution < -0.4 is 5.32 Å². The first-order chi connectivity index (χ1) is 7.72. The molecule has 0 saturated carbocycles. The van der Waals surface area contributed by atoms with Crippen LogP contribution in [0.1, 0.15) is 36.8 Å². The molecule has 1 aromatic rings. The summed E-state index contributed by atoms with van der Waals surface area (Å²) in [6, 6.07) is 6.66. The van der Waals surface area contributed by atoms with Gasteiger partial charge in [0.05, 0.1) is 0 Å². The Hall–Kier alpha value is -0.340. The van der Waals surface area contributed by atoms with Crippen molar-refractivity contribution < 1.29 is 0 Å². The SMILES string of the molecule is CNCCC1CC(C)Cc2c(Br)cccc21. The quantitative estimate of drug-likeness (QED) is 0.891. The van der Waals surface area contributed by atoms with Gasteiger partial charge in [-0.1, -0.05) is 35.0 Å². The van der Waals surface area contributed by atoms with Gasteiger partial charge < -0.3 is 5.32 Å². The predicted octanol–water partition coefficient (Wildman–Crippen LogP) is 3.72. The van der Waals surface area contributed by atoms with Gasteiger partial charge in [0, 0.05) is 4.47 Å². The van der Waals surface area contributed by atoms with Crippen LogP contribution in [0.25, 0.3) is 0 Å². The Morgan fingerprint density at radius 1 is 1.44 bits per heavy atom. The van der Waals surface area contributed by atoms with Gasteiger partial charge in [0.15, 0.2) is 0 Å². The lowest BCUT2D eigenvalue weighted by molar-refractivity contribution is 0.411. The summed E-state index contributed by atoms with van der Waals surface area (Å²) in [5.41, 5.74) is 3.12. The van der Waals surface area contributed by atoms with E-state index >= 15 is 0 Å². The van der Waals surface area contributed by atoms with Crippen molar-refractivity contribution in [3.8, 4) is 0 Å². The topological polar surface area (TPSA) is 12.0 Å². The zero-order valence-electron chi connectivity index (χ0n) is 10.1. The molecule has 0 saturated heterocycles. The van der Waals surface area contributed by atoms with Gasteiger partial charge >= 0.3 is 0 Å². The summed E-state index contributed by atoms with van der Waals surface area (Å²) < 4.78 is 1.30. The molecule has 88 valence electrons. The molecule has 2 heteroatoms. The second kappa shape index (κ2) is 5.33. The van der Waals surface area contributed by atoms with E-state index in [1.165, 1.54) is 23.7 Å². The average molecular weight is 282 g/mol. The molecule has 1 nitrogen and oxygen atoms in total. The number of fused-ring (bicyclic) bond motifs is 1. The Balaban J connectivity index is 2.27. The fourth-order valence-electron chi connectivity index (χ4n) is 2.81. The number of benzene rings is 1. The first kappa shape index (κ1) is 12.1. The Morgan fingerprint density at radius 2 is 2.25 bits per heavy atom. The van der Waals surface area contributed by atoms with Crippen molar-refractivity contribution in [1.29, 1.82) is 0 Å². The number of nitrogens with one attached hydrogen (secondary N) is 1. The third-order valence-electron chi connectivity index (χ3n) is 3.58. The summed E-state index contributed by atoms with van der Waals surface area (Å²) >= 11 is 3.69. The van der Waals surface area contributed by atoms with Gasteiger partial charge in [0.1, 0.15) is 0 Å². The first-order valence-corrected chi connectivity index (χ1v) is 6.93. The van der Waals surface area contributed by atoms with E-state index < -0.39 is 0 Å². The summed E-state index contributed by atoms with van der Waals surface area (Å²) in [5, 5.41) is 3.26. The van der Waals surface area contributed by atoms with Crippen molar-refractivity contribution >= 4 is 15.9 Å². The van der Waals surface area contributed by atoms with E-state index in [1.54, 1.807) is 11.1 Å². The van der Waals surface area contributed by atoms with Crippen LogP contribution >= 0.6 is 15.9 Å². The highest BCUT2D eigenvalue weighted by molar-refractivity contribution is 9.10. The van der Waals surface area contributed by atoms with Crippen LogP contribution in [-0.4, -0.2) is 13.6 Å². The minimum Gasteiger partial charge on any atom is -0.320 e. The van der Waals surface area contributed by atoms with E-state index in [9.17, 15) is 0 Å². The Morgan fingerprint density at radius 3 is 3.00 bits per heavy atom. The van der Waals surface area contributed by atoms with Crippen molar-refractivity contribution in [2.45, 2.75) is 32.1 Å². The number of hydrogen-bond donors (Lipinski definition) is 1. The highest BCUT2D eigenvalue weighted by atomic mass is 79.9. The maximum atomic E-state index is 3.69. The molecular formula is C14H20BrN. The van der Waals surface area contributed by atoms with E-state index in [0.717, 1.165) is 18.4 Å². The predicted molar refractivity (Wildman–Crippen MR) is 72.9 cm³/mol. The molecule has 2 rings (SSSR count). The van der Waals surface area contributed by atoms with Crippen molar-refractivity contribution in [2.24, 2.45) is 5.92 Å². The summed E-state index contributed by atoms with van der Waals surface area (Å²) in [4.78, 5) is 0. The monoisotopic (exact) mass is 281 g/mol. The van der Waals surface area contributed by atoms with E-state index in [0.29, 0.717) is 0 Å². The Labute approximate surface area is 107 Å². The van der Waals surface area contributed by atoms with Crippen molar-refractivity contribution in [3.63, 3.8) is 0 Å². The lowest BCUT2D eigenvalue weighted by Gasteiger charge is -2.30. The lowest BCUT2D eigenvalue weighted by atomic mass is 9.76. The highest BCUT2D eigenvalue weighted by Crippen LogP contribution is 2.39. The van der Waals surface area contributed by atoms with Crippen LogP contribution in [-0.2, 0) is 6.42 Å². The molecule has 1 aliphatic carbocycles. The second-order valence-electron chi connectivity index (χ2n) is 4.94. The van der Waals surface area contributed by atoms with Crippen molar-refractivity contribution in [3.05, 3.63) is 33.8 Å². The summed E-state index contributed by atoms with van der Waals surface area (Å²) in [6.07, 6.45) is 3.82. The van der Waals surface area contributed by atoms with E-state index in [1.807, 2.05) is 7.05 Å². The molecule has 0 radical (unpaired) electrons. The third kappa shape index (κ3) is 2.49. The van der Waals surface area contributed by atoms with E-state index in [4.69, 9.17) is 0 Å². The molecule has 1 aromatic carbocycles. The fourth-order valence-corrected chi connectivity index (χ4v) is 3.35. The van der Waals surface area contributed by atoms with Gasteiger partial charge in [0.2, 0.25) is 0 Å². The molecule has 2 unspecified atom stereocenters. The largest absolute Gasteiger partial charge is 0.320 e. The molecule has 0 bridgehead atoms. The molecule has 0 aromatic heterocycles. The van der Waals surface area contributed by atoms with Crippen molar-refractivity contribution in [2.75, 3.05) is 13.6 Å². The van der Waals surface area contributed by atoms with Gasteiger partial charge in [-0.25, -0.2) is 0 Å². The van der Waals surface area contributed by atoms with Crippen LogP contribution in [0.2, 0.25) is 0 Å². The maximum absolute atomic E-state index is 3.69. The average Bonchev–Trinajstić information content (AvgIpc) is 2.27. The van der Waals surface area contributed by atoms with Gasteiger partial charge in [-0.15, -0.1) is 0 Å². The molecule has 0 aliphatic heterocycles. The van der Waals surface area contributed by atoms with Gasteiger partial charge in [-0.3, -0.25) is 0 Å². The first-order valence-electron chi connectivity index (χ1n) is 6.14. The zero-order valence-corrected chi connectivity index (χ0v) is 11.7. The molecule has 0 heterocycles. The summed E-state index contributed by atoms with van der Waals surface area (Å²) in [7, 11) is 2.04. The Kier molecular flexibility index (Phi) is 4.04. The molecule has 0 spiro atoms. The van der Waals surface area contributed by atoms with E-state index in [2.05, 4.69) is 46.4 Å². The van der Waals surface area contributed by atoms with E-state index in [-0.39, 0.29) is 0 Å². The zero-order chi connectivity index (χ0) is 11.5. The van der Waals surface area contributed by atoms with Crippen molar-refractivity contribution in [1.82, 2.24) is 5.32 Å². The smallest absolute Gasteiger partial charge is 0.0210 e. The molecule has 0 amide bonds. The van der Waals surface area contributed by atoms with Crippen LogP contribution in [0.15, 0.2) is 22.7 Å². The normalized spacial score (nSPS) is 24.2. The Bertz CT molecular complexity index is 362. The summed E-state index contributed by atoms with van der Waals surface area (Å²) in [6.45, 7) is 3.48. The van der Waals surface area contributed by atoms with Gasteiger partial charge in [-0.05, 0) is 61.9 Å². The number of halogens is 1. The van der Waals surface area contributed by atoms with Crippen LogP contribution in [0, 0.1) is 5.92 Å². The molecule has 1 N–H and O–H groups in total. The number of rotatable bonds is 3. The molecule has 1 aliphatic rings. The van der Waals surface area contributed by atoms with Gasteiger partial charge in [-0.2, -0.15) is 0 Å². The molecule has 2 atom stereocenters. The standard InChI is InChI=1S/C14H20BrN/c1-10-8-11(6-7-16-2)12-4-3-5-14(15)13(12)9-10/h3-5,10-11,16H,6-9H2,1-2H3.